The van der Waals surface area contributed by atoms with Gasteiger partial charge in [0, 0.05) is 17.5 Å². The minimum absolute atomic E-state index is 0.124. The van der Waals surface area contributed by atoms with Gasteiger partial charge < -0.3 is 21.2 Å². The molecule has 92 valence electrons. The van der Waals surface area contributed by atoms with E-state index in [2.05, 4.69) is 0 Å². The van der Waals surface area contributed by atoms with Gasteiger partial charge in [0.25, 0.3) is 0 Å². The van der Waals surface area contributed by atoms with E-state index in [1.807, 2.05) is 0 Å². The molecule has 0 aromatic heterocycles. The zero-order valence-corrected chi connectivity index (χ0v) is 9.27. The normalized spacial score (nSPS) is 16.7. The van der Waals surface area contributed by atoms with Crippen LogP contribution in [0, 0.1) is 5.82 Å². The fourth-order valence-corrected chi connectivity index (χ4v) is 1.51. The number of nitrogen functional groups attached to an aromatic ring is 1. The van der Waals surface area contributed by atoms with Gasteiger partial charge >= 0.3 is 0 Å². The van der Waals surface area contributed by atoms with Gasteiger partial charge in [0.1, 0.15) is 5.82 Å². The second-order valence-electron chi connectivity index (χ2n) is 4.00. The highest BCUT2D eigenvalue weighted by molar-refractivity contribution is 5.65. The lowest BCUT2D eigenvalue weighted by Crippen LogP contribution is -2.50. The molecule has 0 atom stereocenters. The van der Waals surface area contributed by atoms with Gasteiger partial charge in [-0.3, -0.25) is 0 Å². The fourth-order valence-electron chi connectivity index (χ4n) is 1.51. The molecule has 6 heteroatoms. The summed E-state index contributed by atoms with van der Waals surface area (Å²) in [6, 6.07) is 4.27. The van der Waals surface area contributed by atoms with Crippen LogP contribution in [-0.2, 0) is 4.74 Å². The Morgan fingerprint density at radius 2 is 2.12 bits per heavy atom. The Hall–Kier alpha value is -1.79. The first-order valence-electron chi connectivity index (χ1n) is 5.21. The topological polar surface area (TPSA) is 90.5 Å². The van der Waals surface area contributed by atoms with Crippen LogP contribution in [0.1, 0.15) is 5.56 Å². The van der Waals surface area contributed by atoms with Crippen LogP contribution in [0.3, 0.4) is 0 Å². The number of halogens is 1. The van der Waals surface area contributed by atoms with E-state index in [0.717, 1.165) is 0 Å². The van der Waals surface area contributed by atoms with Crippen molar-refractivity contribution in [2.45, 2.75) is 6.04 Å². The Bertz CT molecular complexity index is 425. The number of benzene rings is 1. The van der Waals surface area contributed by atoms with Crippen molar-refractivity contribution >= 4 is 11.4 Å². The standard InChI is InChI=1S/C11H15FN4O/c12-8-1-7(2-9(13)3-8)11(14)4-16(15)10-5-17-6-10/h1-4,10H,5-6,13-15H2/b11-4-. The van der Waals surface area contributed by atoms with E-state index >= 15 is 0 Å². The number of hydrazine groups is 1. The molecule has 1 saturated heterocycles. The quantitative estimate of drug-likeness (QED) is 0.398. The van der Waals surface area contributed by atoms with Crippen molar-refractivity contribution in [1.29, 1.82) is 0 Å². The Morgan fingerprint density at radius 1 is 1.41 bits per heavy atom. The third-order valence-corrected chi connectivity index (χ3v) is 2.58. The van der Waals surface area contributed by atoms with Crippen molar-refractivity contribution < 1.29 is 9.13 Å². The van der Waals surface area contributed by atoms with Gasteiger partial charge in [0.05, 0.1) is 25.0 Å². The van der Waals surface area contributed by atoms with E-state index in [-0.39, 0.29) is 6.04 Å². The predicted octanol–water partition coefficient (Wildman–Crippen LogP) is 0.240. The average Bonchev–Trinajstić information content (AvgIpc) is 2.12. The molecule has 0 amide bonds. The molecule has 1 aliphatic heterocycles. The van der Waals surface area contributed by atoms with E-state index in [1.165, 1.54) is 17.1 Å². The summed E-state index contributed by atoms with van der Waals surface area (Å²) in [5.41, 5.74) is 12.6. The molecular weight excluding hydrogens is 223 g/mol. The Balaban J connectivity index is 2.17. The van der Waals surface area contributed by atoms with Gasteiger partial charge in [0.2, 0.25) is 0 Å². The third kappa shape index (κ3) is 2.66. The first-order chi connectivity index (χ1) is 8.06. The molecule has 6 N–H and O–H groups in total. The lowest BCUT2D eigenvalue weighted by Gasteiger charge is -2.33. The Labute approximate surface area is 98.6 Å². The molecule has 1 aromatic carbocycles. The maximum Gasteiger partial charge on any atom is 0.125 e. The average molecular weight is 238 g/mol. The molecule has 0 unspecified atom stereocenters. The molecule has 1 aliphatic rings. The monoisotopic (exact) mass is 238 g/mol. The lowest BCUT2D eigenvalue weighted by molar-refractivity contribution is -0.0489. The smallest absolute Gasteiger partial charge is 0.125 e. The van der Waals surface area contributed by atoms with Crippen LogP contribution in [0.15, 0.2) is 24.4 Å². The molecule has 1 aromatic rings. The molecule has 1 fully saturated rings. The maximum atomic E-state index is 13.1. The molecule has 17 heavy (non-hydrogen) atoms. The number of nitrogens with two attached hydrogens (primary N) is 3. The summed E-state index contributed by atoms with van der Waals surface area (Å²) in [7, 11) is 0. The molecule has 2 rings (SSSR count). The first-order valence-corrected chi connectivity index (χ1v) is 5.21. The highest BCUT2D eigenvalue weighted by Crippen LogP contribution is 2.17. The van der Waals surface area contributed by atoms with Gasteiger partial charge in [-0.25, -0.2) is 10.2 Å². The van der Waals surface area contributed by atoms with Crippen LogP contribution in [0.5, 0.6) is 0 Å². The molecule has 0 saturated carbocycles. The molecule has 5 nitrogen and oxygen atoms in total. The summed E-state index contributed by atoms with van der Waals surface area (Å²) < 4.78 is 18.1. The zero-order chi connectivity index (χ0) is 12.4. The number of rotatable bonds is 3. The van der Waals surface area contributed by atoms with Crippen LogP contribution in [0.25, 0.3) is 5.70 Å². The molecule has 1 heterocycles. The maximum absolute atomic E-state index is 13.1. The highest BCUT2D eigenvalue weighted by Gasteiger charge is 2.22. The van der Waals surface area contributed by atoms with Crippen LogP contribution < -0.4 is 17.3 Å². The molecular formula is C11H15FN4O. The second-order valence-corrected chi connectivity index (χ2v) is 4.00. The summed E-state index contributed by atoms with van der Waals surface area (Å²) in [5.74, 6) is 5.34. The predicted molar refractivity (Wildman–Crippen MR) is 63.6 cm³/mol. The van der Waals surface area contributed by atoms with Crippen molar-refractivity contribution in [2.75, 3.05) is 18.9 Å². The van der Waals surface area contributed by atoms with Crippen molar-refractivity contribution in [2.24, 2.45) is 11.6 Å². The van der Waals surface area contributed by atoms with Crippen LogP contribution in [0.2, 0.25) is 0 Å². The van der Waals surface area contributed by atoms with Crippen molar-refractivity contribution in [3.05, 3.63) is 35.8 Å². The summed E-state index contributed by atoms with van der Waals surface area (Å²) in [6.45, 7) is 1.15. The van der Waals surface area contributed by atoms with Gasteiger partial charge in [-0.2, -0.15) is 0 Å². The van der Waals surface area contributed by atoms with Crippen molar-refractivity contribution in [3.63, 3.8) is 0 Å². The summed E-state index contributed by atoms with van der Waals surface area (Å²) in [4.78, 5) is 0. The van der Waals surface area contributed by atoms with E-state index in [4.69, 9.17) is 22.0 Å². The molecule has 0 spiro atoms. The van der Waals surface area contributed by atoms with Gasteiger partial charge in [0.15, 0.2) is 0 Å². The Morgan fingerprint density at radius 3 is 2.65 bits per heavy atom. The molecule has 0 radical (unpaired) electrons. The van der Waals surface area contributed by atoms with Gasteiger partial charge in [-0.1, -0.05) is 0 Å². The Kier molecular flexibility index (Phi) is 3.16. The fraction of sp³-hybridized carbons (Fsp3) is 0.273. The minimum Gasteiger partial charge on any atom is -0.399 e. The number of hydrogen-bond acceptors (Lipinski definition) is 5. The van der Waals surface area contributed by atoms with E-state index in [0.29, 0.717) is 30.2 Å². The third-order valence-electron chi connectivity index (χ3n) is 2.58. The van der Waals surface area contributed by atoms with Gasteiger partial charge in [-0.05, 0) is 18.2 Å². The largest absolute Gasteiger partial charge is 0.399 e. The summed E-state index contributed by atoms with van der Waals surface area (Å²) in [6.07, 6.45) is 1.56. The SMILES string of the molecule is N/C(=C\N(N)C1COC1)c1cc(N)cc(F)c1. The van der Waals surface area contributed by atoms with Crippen molar-refractivity contribution in [3.8, 4) is 0 Å². The summed E-state index contributed by atoms with van der Waals surface area (Å²) in [5, 5.41) is 1.47. The van der Waals surface area contributed by atoms with Crippen LogP contribution >= 0.6 is 0 Å². The first kappa shape index (κ1) is 11.7. The minimum atomic E-state index is -0.424. The summed E-state index contributed by atoms with van der Waals surface area (Å²) >= 11 is 0. The van der Waals surface area contributed by atoms with Crippen LogP contribution in [-0.4, -0.2) is 24.3 Å². The molecule has 0 bridgehead atoms. The van der Waals surface area contributed by atoms with E-state index in [1.54, 1.807) is 12.3 Å². The lowest BCUT2D eigenvalue weighted by atomic mass is 10.1. The number of anilines is 1. The van der Waals surface area contributed by atoms with Gasteiger partial charge in [-0.15, -0.1) is 0 Å². The second kappa shape index (κ2) is 4.60. The van der Waals surface area contributed by atoms with Crippen molar-refractivity contribution in [1.82, 2.24) is 5.01 Å². The zero-order valence-electron chi connectivity index (χ0n) is 9.27. The van der Waals surface area contributed by atoms with Crippen LogP contribution in [0.4, 0.5) is 10.1 Å². The molecule has 0 aliphatic carbocycles. The highest BCUT2D eigenvalue weighted by atomic mass is 19.1. The number of nitrogens with zero attached hydrogens (tertiary/aromatic N) is 1. The number of hydrogen-bond donors (Lipinski definition) is 3. The van der Waals surface area contributed by atoms with E-state index in [9.17, 15) is 4.39 Å². The van der Waals surface area contributed by atoms with E-state index < -0.39 is 5.82 Å². The number of ether oxygens (including phenoxy) is 1.